The summed E-state index contributed by atoms with van der Waals surface area (Å²) in [7, 11) is 2.17. The molecule has 0 saturated heterocycles. The number of hydrogen-bond donors (Lipinski definition) is 1. The molecule has 1 aliphatic heterocycles. The van der Waals surface area contributed by atoms with Crippen molar-refractivity contribution in [2.24, 2.45) is 5.90 Å². The van der Waals surface area contributed by atoms with Crippen LogP contribution < -0.4 is 5.90 Å². The highest BCUT2D eigenvalue weighted by atomic mass is 16.7. The fourth-order valence-corrected chi connectivity index (χ4v) is 3.71. The van der Waals surface area contributed by atoms with E-state index in [4.69, 9.17) is 5.90 Å². The molecule has 0 spiro atoms. The third-order valence-electron chi connectivity index (χ3n) is 4.99. The maximum absolute atomic E-state index is 11.5. The molecule has 0 bridgehead atoms. The lowest BCUT2D eigenvalue weighted by molar-refractivity contribution is 0.0503. The van der Waals surface area contributed by atoms with Crippen LogP contribution in [0.4, 0.5) is 0 Å². The van der Waals surface area contributed by atoms with Crippen LogP contribution in [0.2, 0.25) is 0 Å². The van der Waals surface area contributed by atoms with E-state index in [1.165, 1.54) is 22.2 Å². The van der Waals surface area contributed by atoms with Crippen LogP contribution in [-0.2, 0) is 24.3 Å². The number of para-hydroxylation sites is 1. The molecule has 0 unspecified atom stereocenters. The van der Waals surface area contributed by atoms with E-state index in [-0.39, 0.29) is 0 Å². The van der Waals surface area contributed by atoms with E-state index in [0.717, 1.165) is 31.6 Å². The van der Waals surface area contributed by atoms with Gasteiger partial charge in [0.15, 0.2) is 0 Å². The standard InChI is InChI=1S/C20H21N3O2/c1-22-11-10-19-17(13-22)16-4-2-3-5-18(16)23(19)12-14-6-8-15(9-7-14)20(24)25-21/h2-9H,10-13,21H2,1H3. The number of aromatic nitrogens is 1. The summed E-state index contributed by atoms with van der Waals surface area (Å²) >= 11 is 0. The van der Waals surface area contributed by atoms with Crippen molar-refractivity contribution in [2.75, 3.05) is 13.6 Å². The number of rotatable bonds is 3. The Morgan fingerprint density at radius 3 is 2.68 bits per heavy atom. The van der Waals surface area contributed by atoms with Crippen molar-refractivity contribution in [3.63, 3.8) is 0 Å². The molecule has 5 nitrogen and oxygen atoms in total. The third-order valence-corrected chi connectivity index (χ3v) is 4.99. The fourth-order valence-electron chi connectivity index (χ4n) is 3.71. The molecule has 0 saturated carbocycles. The maximum Gasteiger partial charge on any atom is 0.356 e. The Morgan fingerprint density at radius 1 is 1.16 bits per heavy atom. The number of carbonyl (C=O) groups is 1. The van der Waals surface area contributed by atoms with E-state index in [2.05, 4.69) is 45.6 Å². The zero-order chi connectivity index (χ0) is 17.4. The van der Waals surface area contributed by atoms with Crippen LogP contribution >= 0.6 is 0 Å². The van der Waals surface area contributed by atoms with Crippen LogP contribution in [0.5, 0.6) is 0 Å². The van der Waals surface area contributed by atoms with Gasteiger partial charge in [0.1, 0.15) is 0 Å². The van der Waals surface area contributed by atoms with E-state index in [1.54, 1.807) is 12.1 Å². The summed E-state index contributed by atoms with van der Waals surface area (Å²) in [5, 5.41) is 1.34. The molecule has 0 aliphatic carbocycles. The first-order valence-electron chi connectivity index (χ1n) is 8.45. The van der Waals surface area contributed by atoms with E-state index < -0.39 is 5.97 Å². The van der Waals surface area contributed by atoms with Crippen LogP contribution in [0.15, 0.2) is 48.5 Å². The molecule has 25 heavy (non-hydrogen) atoms. The molecule has 1 aliphatic rings. The number of benzene rings is 2. The average molecular weight is 335 g/mol. The van der Waals surface area contributed by atoms with E-state index in [9.17, 15) is 4.79 Å². The molecule has 1 aromatic heterocycles. The first-order valence-corrected chi connectivity index (χ1v) is 8.45. The second kappa shape index (κ2) is 6.35. The zero-order valence-corrected chi connectivity index (χ0v) is 14.2. The summed E-state index contributed by atoms with van der Waals surface area (Å²) in [5.41, 5.74) is 5.74. The summed E-state index contributed by atoms with van der Waals surface area (Å²) in [6, 6.07) is 16.0. The molecule has 2 heterocycles. The minimum absolute atomic E-state index is 0.465. The van der Waals surface area contributed by atoms with Gasteiger partial charge < -0.3 is 14.3 Å². The van der Waals surface area contributed by atoms with Gasteiger partial charge in [-0.25, -0.2) is 4.79 Å². The first-order chi connectivity index (χ1) is 12.2. The number of fused-ring (bicyclic) bond motifs is 3. The molecule has 2 aromatic carbocycles. The van der Waals surface area contributed by atoms with Gasteiger partial charge in [-0.2, -0.15) is 5.90 Å². The van der Waals surface area contributed by atoms with Crippen molar-refractivity contribution < 1.29 is 9.63 Å². The second-order valence-corrected chi connectivity index (χ2v) is 6.62. The molecular weight excluding hydrogens is 314 g/mol. The molecule has 0 atom stereocenters. The normalized spacial score (nSPS) is 14.5. The van der Waals surface area contributed by atoms with Gasteiger partial charge in [0.2, 0.25) is 0 Å². The third kappa shape index (κ3) is 2.81. The van der Waals surface area contributed by atoms with Crippen molar-refractivity contribution in [2.45, 2.75) is 19.5 Å². The lowest BCUT2D eigenvalue weighted by Gasteiger charge is -2.24. The topological polar surface area (TPSA) is 60.5 Å². The van der Waals surface area contributed by atoms with Gasteiger partial charge in [-0.15, -0.1) is 0 Å². The van der Waals surface area contributed by atoms with Crippen LogP contribution in [0.1, 0.15) is 27.2 Å². The van der Waals surface area contributed by atoms with Gasteiger partial charge in [0.05, 0.1) is 5.56 Å². The monoisotopic (exact) mass is 335 g/mol. The van der Waals surface area contributed by atoms with Crippen molar-refractivity contribution in [1.29, 1.82) is 0 Å². The minimum atomic E-state index is -0.515. The van der Waals surface area contributed by atoms with Gasteiger partial charge in [-0.1, -0.05) is 30.3 Å². The van der Waals surface area contributed by atoms with E-state index in [0.29, 0.717) is 5.56 Å². The van der Waals surface area contributed by atoms with Gasteiger partial charge in [0, 0.05) is 42.7 Å². The average Bonchev–Trinajstić information content (AvgIpc) is 2.95. The smallest absolute Gasteiger partial charge is 0.356 e. The maximum atomic E-state index is 11.5. The summed E-state index contributed by atoms with van der Waals surface area (Å²) in [5.74, 6) is 4.43. The molecule has 3 aromatic rings. The highest BCUT2D eigenvalue weighted by molar-refractivity contribution is 5.89. The number of likely N-dealkylation sites (N-methyl/N-ethyl adjacent to an activating group) is 1. The molecule has 128 valence electrons. The molecule has 5 heteroatoms. The highest BCUT2D eigenvalue weighted by Gasteiger charge is 2.22. The van der Waals surface area contributed by atoms with Gasteiger partial charge in [-0.05, 0) is 36.4 Å². The Hall–Kier alpha value is -2.63. The second-order valence-electron chi connectivity index (χ2n) is 6.62. The van der Waals surface area contributed by atoms with E-state index in [1.807, 2.05) is 12.1 Å². The Bertz CT molecular complexity index is 928. The summed E-state index contributed by atoms with van der Waals surface area (Å²) < 4.78 is 2.41. The largest absolute Gasteiger partial charge is 0.370 e. The van der Waals surface area contributed by atoms with Crippen molar-refractivity contribution in [1.82, 2.24) is 9.47 Å². The molecule has 2 N–H and O–H groups in total. The van der Waals surface area contributed by atoms with Crippen LogP contribution in [0.3, 0.4) is 0 Å². The quantitative estimate of drug-likeness (QED) is 0.748. The molecular formula is C20H21N3O2. The van der Waals surface area contributed by atoms with Crippen molar-refractivity contribution >= 4 is 16.9 Å². The predicted octanol–water partition coefficient (Wildman–Crippen LogP) is 2.71. The van der Waals surface area contributed by atoms with Gasteiger partial charge in [0.25, 0.3) is 0 Å². The molecule has 4 rings (SSSR count). The van der Waals surface area contributed by atoms with E-state index >= 15 is 0 Å². The van der Waals surface area contributed by atoms with Crippen LogP contribution in [0, 0.1) is 0 Å². The SMILES string of the molecule is CN1CCc2c(c3ccccc3n2Cc2ccc(C(=O)ON)cc2)C1. The highest BCUT2D eigenvalue weighted by Crippen LogP contribution is 2.31. The Labute approximate surface area is 146 Å². The fraction of sp³-hybridized carbons (Fsp3) is 0.250. The number of hydrogen-bond acceptors (Lipinski definition) is 4. The Kier molecular flexibility index (Phi) is 4.03. The Morgan fingerprint density at radius 2 is 1.92 bits per heavy atom. The Balaban J connectivity index is 1.73. The van der Waals surface area contributed by atoms with Gasteiger partial charge >= 0.3 is 5.97 Å². The minimum Gasteiger partial charge on any atom is -0.370 e. The predicted molar refractivity (Wildman–Crippen MR) is 97.1 cm³/mol. The first kappa shape index (κ1) is 15.9. The zero-order valence-electron chi connectivity index (χ0n) is 14.2. The van der Waals surface area contributed by atoms with Crippen LogP contribution in [0.25, 0.3) is 10.9 Å². The lowest BCUT2D eigenvalue weighted by Crippen LogP contribution is -2.27. The van der Waals surface area contributed by atoms with Crippen LogP contribution in [-0.4, -0.2) is 29.0 Å². The van der Waals surface area contributed by atoms with Gasteiger partial charge in [-0.3, -0.25) is 0 Å². The lowest BCUT2D eigenvalue weighted by atomic mass is 10.1. The number of nitrogens with zero attached hydrogens (tertiary/aromatic N) is 2. The molecule has 0 radical (unpaired) electrons. The summed E-state index contributed by atoms with van der Waals surface area (Å²) in [4.78, 5) is 18.1. The number of carbonyl (C=O) groups excluding carboxylic acids is 1. The molecule has 0 amide bonds. The number of nitrogens with two attached hydrogens (primary N) is 1. The van der Waals surface area contributed by atoms with Crippen molar-refractivity contribution in [3.8, 4) is 0 Å². The van der Waals surface area contributed by atoms with Crippen molar-refractivity contribution in [3.05, 3.63) is 70.9 Å². The summed E-state index contributed by atoms with van der Waals surface area (Å²) in [6.45, 7) is 2.85. The molecule has 0 fully saturated rings. The summed E-state index contributed by atoms with van der Waals surface area (Å²) in [6.07, 6.45) is 1.05.